The van der Waals surface area contributed by atoms with Crippen LogP contribution in [0.4, 0.5) is 5.69 Å². The van der Waals surface area contributed by atoms with Gasteiger partial charge in [-0.2, -0.15) is 0 Å². The number of rotatable bonds is 3. The first-order valence-corrected chi connectivity index (χ1v) is 6.71. The van der Waals surface area contributed by atoms with E-state index in [9.17, 15) is 9.90 Å². The summed E-state index contributed by atoms with van der Waals surface area (Å²) in [5, 5.41) is 13.1. The molecule has 0 radical (unpaired) electrons. The zero-order chi connectivity index (χ0) is 14.7. The van der Waals surface area contributed by atoms with Crippen molar-refractivity contribution in [2.24, 2.45) is 0 Å². The van der Waals surface area contributed by atoms with E-state index in [1.54, 1.807) is 37.3 Å². The van der Waals surface area contributed by atoms with E-state index in [1.807, 2.05) is 19.1 Å². The third-order valence-electron chi connectivity index (χ3n) is 3.08. The summed E-state index contributed by atoms with van der Waals surface area (Å²) in [6.45, 7) is 3.51. The zero-order valence-corrected chi connectivity index (χ0v) is 12.1. The predicted molar refractivity (Wildman–Crippen MR) is 81.2 cm³/mol. The normalized spacial score (nSPS) is 12.0. The van der Waals surface area contributed by atoms with E-state index in [0.29, 0.717) is 21.8 Å². The standard InChI is InChI=1S/C16H16ClNO2/c1-10-9-12(7-8-14(10)17)16(20)18-15-6-4-3-5-13(15)11(2)19/h3-9,11,19H,1-2H3,(H,18,20). The highest BCUT2D eigenvalue weighted by Gasteiger charge is 2.12. The van der Waals surface area contributed by atoms with E-state index >= 15 is 0 Å². The Hall–Kier alpha value is -1.84. The van der Waals surface area contributed by atoms with Gasteiger partial charge in [-0.3, -0.25) is 4.79 Å². The average molecular weight is 290 g/mol. The van der Waals surface area contributed by atoms with Gasteiger partial charge in [-0.1, -0.05) is 29.8 Å². The third kappa shape index (κ3) is 3.18. The van der Waals surface area contributed by atoms with E-state index in [2.05, 4.69) is 5.32 Å². The fraction of sp³-hybridized carbons (Fsp3) is 0.188. The fourth-order valence-electron chi connectivity index (χ4n) is 1.96. The first-order valence-electron chi connectivity index (χ1n) is 6.33. The zero-order valence-electron chi connectivity index (χ0n) is 11.4. The van der Waals surface area contributed by atoms with Crippen molar-refractivity contribution in [3.8, 4) is 0 Å². The molecule has 0 spiro atoms. The Balaban J connectivity index is 2.26. The van der Waals surface area contributed by atoms with Crippen molar-refractivity contribution in [1.82, 2.24) is 0 Å². The Kier molecular flexibility index (Phi) is 4.42. The minimum atomic E-state index is -0.640. The third-order valence-corrected chi connectivity index (χ3v) is 3.50. The van der Waals surface area contributed by atoms with Crippen LogP contribution in [0.15, 0.2) is 42.5 Å². The van der Waals surface area contributed by atoms with Crippen LogP contribution in [0.2, 0.25) is 5.02 Å². The smallest absolute Gasteiger partial charge is 0.255 e. The Morgan fingerprint density at radius 3 is 2.60 bits per heavy atom. The Morgan fingerprint density at radius 1 is 1.25 bits per heavy atom. The van der Waals surface area contributed by atoms with E-state index in [-0.39, 0.29) is 5.91 Å². The molecule has 0 aliphatic heterocycles. The van der Waals surface area contributed by atoms with Crippen molar-refractivity contribution >= 4 is 23.2 Å². The number of amides is 1. The summed E-state index contributed by atoms with van der Waals surface area (Å²) in [5.74, 6) is -0.224. The summed E-state index contributed by atoms with van der Waals surface area (Å²) in [5.41, 5.74) is 2.68. The number of hydrogen-bond donors (Lipinski definition) is 2. The molecule has 1 amide bonds. The number of hydrogen-bond acceptors (Lipinski definition) is 2. The van der Waals surface area contributed by atoms with Crippen LogP contribution in [-0.4, -0.2) is 11.0 Å². The average Bonchev–Trinajstić information content (AvgIpc) is 2.42. The number of aliphatic hydroxyl groups is 1. The molecule has 20 heavy (non-hydrogen) atoms. The summed E-state index contributed by atoms with van der Waals surface area (Å²) in [6, 6.07) is 12.3. The first kappa shape index (κ1) is 14.6. The molecule has 104 valence electrons. The molecule has 2 aromatic rings. The second kappa shape index (κ2) is 6.07. The summed E-state index contributed by atoms with van der Waals surface area (Å²) in [7, 11) is 0. The number of aliphatic hydroxyl groups excluding tert-OH is 1. The van der Waals surface area contributed by atoms with Crippen LogP contribution in [0.3, 0.4) is 0 Å². The molecule has 0 bridgehead atoms. The van der Waals surface area contributed by atoms with Gasteiger partial charge in [0.1, 0.15) is 0 Å². The van der Waals surface area contributed by atoms with Crippen molar-refractivity contribution in [3.63, 3.8) is 0 Å². The maximum atomic E-state index is 12.2. The lowest BCUT2D eigenvalue weighted by Crippen LogP contribution is -2.14. The molecule has 1 unspecified atom stereocenters. The molecular formula is C16H16ClNO2. The van der Waals surface area contributed by atoms with Crippen molar-refractivity contribution in [2.45, 2.75) is 20.0 Å². The molecule has 1 atom stereocenters. The van der Waals surface area contributed by atoms with Gasteiger partial charge in [-0.05, 0) is 43.7 Å². The molecule has 0 heterocycles. The summed E-state index contributed by atoms with van der Waals surface area (Å²) in [6.07, 6.45) is -0.640. The maximum Gasteiger partial charge on any atom is 0.255 e. The molecule has 2 rings (SSSR count). The number of anilines is 1. The van der Waals surface area contributed by atoms with Gasteiger partial charge >= 0.3 is 0 Å². The van der Waals surface area contributed by atoms with E-state index in [4.69, 9.17) is 11.6 Å². The summed E-state index contributed by atoms with van der Waals surface area (Å²) in [4.78, 5) is 12.2. The van der Waals surface area contributed by atoms with Gasteiger partial charge in [-0.15, -0.1) is 0 Å². The number of benzene rings is 2. The van der Waals surface area contributed by atoms with Crippen LogP contribution in [0.25, 0.3) is 0 Å². The number of para-hydroxylation sites is 1. The number of carbonyl (C=O) groups is 1. The first-order chi connectivity index (χ1) is 9.49. The molecule has 2 aromatic carbocycles. The minimum Gasteiger partial charge on any atom is -0.389 e. The van der Waals surface area contributed by atoms with Crippen LogP contribution < -0.4 is 5.32 Å². The van der Waals surface area contributed by atoms with Gasteiger partial charge in [0.2, 0.25) is 0 Å². The summed E-state index contributed by atoms with van der Waals surface area (Å²) >= 11 is 5.95. The second-order valence-corrected chi connectivity index (χ2v) is 5.09. The molecule has 0 aliphatic carbocycles. The molecule has 0 saturated heterocycles. The molecule has 0 saturated carbocycles. The van der Waals surface area contributed by atoms with Crippen LogP contribution >= 0.6 is 11.6 Å². The number of halogens is 1. The predicted octanol–water partition coefficient (Wildman–Crippen LogP) is 3.95. The highest BCUT2D eigenvalue weighted by molar-refractivity contribution is 6.31. The topological polar surface area (TPSA) is 49.3 Å². The lowest BCUT2D eigenvalue weighted by Gasteiger charge is -2.13. The molecule has 0 aliphatic rings. The van der Waals surface area contributed by atoms with Gasteiger partial charge < -0.3 is 10.4 Å². The minimum absolute atomic E-state index is 0.224. The van der Waals surface area contributed by atoms with Crippen molar-refractivity contribution in [2.75, 3.05) is 5.32 Å². The van der Waals surface area contributed by atoms with Crippen molar-refractivity contribution < 1.29 is 9.90 Å². The molecule has 0 aromatic heterocycles. The fourth-order valence-corrected chi connectivity index (χ4v) is 2.07. The quantitative estimate of drug-likeness (QED) is 0.899. The Labute approximate surface area is 123 Å². The highest BCUT2D eigenvalue weighted by Crippen LogP contribution is 2.23. The van der Waals surface area contributed by atoms with Gasteiger partial charge in [0, 0.05) is 21.8 Å². The van der Waals surface area contributed by atoms with Gasteiger partial charge in [-0.25, -0.2) is 0 Å². The molecule has 4 heteroatoms. The van der Waals surface area contributed by atoms with E-state index in [1.165, 1.54) is 0 Å². The lowest BCUT2D eigenvalue weighted by atomic mass is 10.1. The Bertz CT molecular complexity index is 638. The van der Waals surface area contributed by atoms with E-state index < -0.39 is 6.10 Å². The summed E-state index contributed by atoms with van der Waals surface area (Å²) < 4.78 is 0. The van der Waals surface area contributed by atoms with Crippen LogP contribution in [0, 0.1) is 6.92 Å². The van der Waals surface area contributed by atoms with Crippen LogP contribution in [0.5, 0.6) is 0 Å². The largest absolute Gasteiger partial charge is 0.389 e. The van der Waals surface area contributed by atoms with Crippen molar-refractivity contribution in [3.05, 3.63) is 64.2 Å². The number of nitrogens with one attached hydrogen (secondary N) is 1. The lowest BCUT2D eigenvalue weighted by molar-refractivity contribution is 0.102. The van der Waals surface area contributed by atoms with Gasteiger partial charge in [0.05, 0.1) is 6.10 Å². The Morgan fingerprint density at radius 2 is 1.95 bits per heavy atom. The highest BCUT2D eigenvalue weighted by atomic mass is 35.5. The van der Waals surface area contributed by atoms with Gasteiger partial charge in [0.15, 0.2) is 0 Å². The van der Waals surface area contributed by atoms with Crippen LogP contribution in [0.1, 0.15) is 34.5 Å². The number of aryl methyl sites for hydroxylation is 1. The van der Waals surface area contributed by atoms with Gasteiger partial charge in [0.25, 0.3) is 5.91 Å². The molecule has 2 N–H and O–H groups in total. The monoisotopic (exact) mass is 289 g/mol. The molecule has 0 fully saturated rings. The maximum absolute atomic E-state index is 12.2. The molecule has 3 nitrogen and oxygen atoms in total. The van der Waals surface area contributed by atoms with Crippen LogP contribution in [-0.2, 0) is 0 Å². The van der Waals surface area contributed by atoms with Crippen molar-refractivity contribution in [1.29, 1.82) is 0 Å². The SMILES string of the molecule is Cc1cc(C(=O)Nc2ccccc2C(C)O)ccc1Cl. The molecular weight excluding hydrogens is 274 g/mol. The second-order valence-electron chi connectivity index (χ2n) is 4.68. The van der Waals surface area contributed by atoms with E-state index in [0.717, 1.165) is 5.56 Å². The number of carbonyl (C=O) groups excluding carboxylic acids is 1.